The molecule has 5 unspecified atom stereocenters. The zero-order chi connectivity index (χ0) is 22.1. The van der Waals surface area contributed by atoms with Crippen molar-refractivity contribution < 1.29 is 19.1 Å². The molecular weight excluding hydrogens is 406 g/mol. The summed E-state index contributed by atoms with van der Waals surface area (Å²) in [6.07, 6.45) is 15.4. The van der Waals surface area contributed by atoms with Gasteiger partial charge in [-0.1, -0.05) is 44.3 Å². The van der Waals surface area contributed by atoms with Crippen molar-refractivity contribution >= 4 is 17.7 Å². The van der Waals surface area contributed by atoms with Crippen LogP contribution in [0.25, 0.3) is 0 Å². The third-order valence-electron chi connectivity index (χ3n) is 8.86. The third kappa shape index (κ3) is 2.99. The number of hydrogen-bond acceptors (Lipinski definition) is 4. The van der Waals surface area contributed by atoms with Gasteiger partial charge in [0.1, 0.15) is 11.6 Å². The Balaban J connectivity index is 1.31. The molecular formula is C25H35N3O4. The first-order valence-corrected chi connectivity index (χ1v) is 12.8. The maximum Gasteiger partial charge on any atom is 0.246 e. The normalized spacial score (nSPS) is 41.3. The second-order valence-corrected chi connectivity index (χ2v) is 11.1. The first-order chi connectivity index (χ1) is 15.4. The number of fused-ring (bicyclic) bond motifs is 1. The van der Waals surface area contributed by atoms with E-state index in [1.807, 2.05) is 19.1 Å². The second kappa shape index (κ2) is 7.31. The van der Waals surface area contributed by atoms with Crippen molar-refractivity contribution in [2.75, 3.05) is 0 Å². The molecule has 3 saturated carbocycles. The standard InChI is InChI=1S/C25H35N3O4/c1-24-13-14-25(32-24)19(18(24)21(29)26-15-7-3-2-4-8-15)23(31)28(17-11-12-17)20(25)22(30)27-16-9-5-6-10-16/h13-20H,2-12H2,1H3,(H,26,29)(H,27,30). The molecule has 174 valence electrons. The van der Waals surface area contributed by atoms with Crippen LogP contribution in [-0.2, 0) is 19.1 Å². The Labute approximate surface area is 189 Å². The van der Waals surface area contributed by atoms with E-state index >= 15 is 0 Å². The largest absolute Gasteiger partial charge is 0.356 e. The molecule has 5 atom stereocenters. The fraction of sp³-hybridized carbons (Fsp3) is 0.800. The minimum Gasteiger partial charge on any atom is -0.356 e. The number of rotatable bonds is 5. The summed E-state index contributed by atoms with van der Waals surface area (Å²) in [4.78, 5) is 42.7. The van der Waals surface area contributed by atoms with Crippen molar-refractivity contribution in [1.82, 2.24) is 15.5 Å². The SMILES string of the molecule is CC12C=CC3(O1)C(C(=O)N(C1CC1)C3C(=O)NC1CCCC1)C2C(=O)NC1CCCCC1. The van der Waals surface area contributed by atoms with E-state index in [1.54, 1.807) is 4.90 Å². The average Bonchev–Trinajstić information content (AvgIpc) is 3.13. The van der Waals surface area contributed by atoms with Gasteiger partial charge in [0.15, 0.2) is 0 Å². The molecule has 0 aromatic rings. The van der Waals surface area contributed by atoms with Crippen LogP contribution < -0.4 is 10.6 Å². The number of nitrogens with one attached hydrogen (secondary N) is 2. The fourth-order valence-electron chi connectivity index (χ4n) is 7.20. The summed E-state index contributed by atoms with van der Waals surface area (Å²) in [6, 6.07) is -0.236. The molecule has 6 rings (SSSR count). The van der Waals surface area contributed by atoms with Crippen molar-refractivity contribution in [3.63, 3.8) is 0 Å². The lowest BCUT2D eigenvalue weighted by Crippen LogP contribution is -2.56. The lowest BCUT2D eigenvalue weighted by atomic mass is 9.70. The van der Waals surface area contributed by atoms with Crippen LogP contribution in [-0.4, -0.2) is 58.0 Å². The van der Waals surface area contributed by atoms with Gasteiger partial charge in [-0.2, -0.15) is 0 Å². The van der Waals surface area contributed by atoms with E-state index in [0.29, 0.717) is 0 Å². The molecule has 2 bridgehead atoms. The van der Waals surface area contributed by atoms with E-state index < -0.39 is 29.1 Å². The maximum absolute atomic E-state index is 13.8. The van der Waals surface area contributed by atoms with Crippen molar-refractivity contribution in [3.8, 4) is 0 Å². The van der Waals surface area contributed by atoms with Gasteiger partial charge in [-0.15, -0.1) is 0 Å². The molecule has 3 heterocycles. The quantitative estimate of drug-likeness (QED) is 0.641. The predicted octanol–water partition coefficient (Wildman–Crippen LogP) is 2.20. The van der Waals surface area contributed by atoms with Gasteiger partial charge in [-0.25, -0.2) is 0 Å². The Kier molecular flexibility index (Phi) is 4.73. The molecule has 0 aromatic heterocycles. The van der Waals surface area contributed by atoms with Crippen molar-refractivity contribution in [2.24, 2.45) is 11.8 Å². The van der Waals surface area contributed by atoms with Crippen LogP contribution >= 0.6 is 0 Å². The van der Waals surface area contributed by atoms with Gasteiger partial charge >= 0.3 is 0 Å². The van der Waals surface area contributed by atoms with Crippen molar-refractivity contribution in [1.29, 1.82) is 0 Å². The fourth-order valence-corrected chi connectivity index (χ4v) is 7.20. The van der Waals surface area contributed by atoms with Crippen LogP contribution in [0.15, 0.2) is 12.2 Å². The Bertz CT molecular complexity index is 857. The molecule has 2 N–H and O–H groups in total. The summed E-state index contributed by atoms with van der Waals surface area (Å²) in [5.41, 5.74) is -1.88. The number of nitrogens with zero attached hydrogens (tertiary/aromatic N) is 1. The molecule has 2 saturated heterocycles. The van der Waals surface area contributed by atoms with Gasteiger partial charge in [-0.05, 0) is 45.4 Å². The van der Waals surface area contributed by atoms with Gasteiger partial charge in [0.2, 0.25) is 17.7 Å². The number of carbonyl (C=O) groups is 3. The van der Waals surface area contributed by atoms with E-state index in [4.69, 9.17) is 4.74 Å². The molecule has 5 fully saturated rings. The zero-order valence-electron chi connectivity index (χ0n) is 19.0. The van der Waals surface area contributed by atoms with Crippen LogP contribution in [0.1, 0.15) is 77.6 Å². The summed E-state index contributed by atoms with van der Waals surface area (Å²) in [5, 5.41) is 6.46. The molecule has 3 aliphatic heterocycles. The summed E-state index contributed by atoms with van der Waals surface area (Å²) >= 11 is 0. The van der Waals surface area contributed by atoms with Crippen LogP contribution in [0.5, 0.6) is 0 Å². The molecule has 1 spiro atoms. The molecule has 32 heavy (non-hydrogen) atoms. The van der Waals surface area contributed by atoms with Crippen molar-refractivity contribution in [2.45, 2.75) is 113 Å². The Morgan fingerprint density at radius 2 is 1.50 bits per heavy atom. The molecule has 7 heteroatoms. The topological polar surface area (TPSA) is 87.7 Å². The number of ether oxygens (including phenoxy) is 1. The monoisotopic (exact) mass is 441 g/mol. The third-order valence-corrected chi connectivity index (χ3v) is 8.86. The second-order valence-electron chi connectivity index (χ2n) is 11.1. The smallest absolute Gasteiger partial charge is 0.246 e. The number of amides is 3. The Morgan fingerprint density at radius 1 is 0.906 bits per heavy atom. The Hall–Kier alpha value is -1.89. The summed E-state index contributed by atoms with van der Waals surface area (Å²) in [6.45, 7) is 1.91. The van der Waals surface area contributed by atoms with Gasteiger partial charge in [0.25, 0.3) is 0 Å². The molecule has 7 nitrogen and oxygen atoms in total. The highest BCUT2D eigenvalue weighted by atomic mass is 16.5. The van der Waals surface area contributed by atoms with Gasteiger partial charge in [0, 0.05) is 18.1 Å². The van der Waals surface area contributed by atoms with Gasteiger partial charge < -0.3 is 20.3 Å². The van der Waals surface area contributed by atoms with E-state index in [1.165, 1.54) is 6.42 Å². The zero-order valence-corrected chi connectivity index (χ0v) is 19.0. The summed E-state index contributed by atoms with van der Waals surface area (Å²) in [7, 11) is 0. The number of likely N-dealkylation sites (tertiary alicyclic amines) is 1. The molecule has 0 radical (unpaired) electrons. The van der Waals surface area contributed by atoms with Gasteiger partial charge in [-0.3, -0.25) is 14.4 Å². The van der Waals surface area contributed by atoms with E-state index in [-0.39, 0.29) is 35.8 Å². The molecule has 3 aliphatic carbocycles. The van der Waals surface area contributed by atoms with Crippen LogP contribution in [0.4, 0.5) is 0 Å². The lowest BCUT2D eigenvalue weighted by Gasteiger charge is -2.34. The lowest BCUT2D eigenvalue weighted by molar-refractivity contribution is -0.146. The predicted molar refractivity (Wildman–Crippen MR) is 117 cm³/mol. The highest BCUT2D eigenvalue weighted by molar-refractivity contribution is 6.00. The number of hydrogen-bond donors (Lipinski definition) is 2. The number of carbonyl (C=O) groups excluding carboxylic acids is 3. The van der Waals surface area contributed by atoms with E-state index in [0.717, 1.165) is 64.2 Å². The molecule has 0 aromatic carbocycles. The molecule has 3 amide bonds. The van der Waals surface area contributed by atoms with Crippen LogP contribution in [0.2, 0.25) is 0 Å². The van der Waals surface area contributed by atoms with E-state index in [2.05, 4.69) is 10.6 Å². The minimum absolute atomic E-state index is 0.0732. The first kappa shape index (κ1) is 20.7. The van der Waals surface area contributed by atoms with E-state index in [9.17, 15) is 14.4 Å². The molecule has 6 aliphatic rings. The van der Waals surface area contributed by atoms with Crippen LogP contribution in [0, 0.1) is 11.8 Å². The first-order valence-electron chi connectivity index (χ1n) is 12.8. The maximum atomic E-state index is 13.8. The average molecular weight is 442 g/mol. The highest BCUT2D eigenvalue weighted by Crippen LogP contribution is 2.61. The van der Waals surface area contributed by atoms with Gasteiger partial charge in [0.05, 0.1) is 17.4 Å². The van der Waals surface area contributed by atoms with Crippen molar-refractivity contribution in [3.05, 3.63) is 12.2 Å². The minimum atomic E-state index is -1.04. The highest BCUT2D eigenvalue weighted by Gasteiger charge is 2.77. The Morgan fingerprint density at radius 3 is 2.12 bits per heavy atom. The summed E-state index contributed by atoms with van der Waals surface area (Å²) < 4.78 is 6.58. The van der Waals surface area contributed by atoms with Crippen LogP contribution in [0.3, 0.4) is 0 Å². The summed E-state index contributed by atoms with van der Waals surface area (Å²) in [5.74, 6) is -1.48.